The predicted molar refractivity (Wildman–Crippen MR) is 89.0 cm³/mol. The number of hydrogen-bond acceptors (Lipinski definition) is 0. The van der Waals surface area contributed by atoms with Gasteiger partial charge in [0.2, 0.25) is 0 Å². The first-order valence-corrected chi connectivity index (χ1v) is 7.57. The molecule has 0 heterocycles. The van der Waals surface area contributed by atoms with E-state index in [1.54, 1.807) is 0 Å². The maximum Gasteiger partial charge on any atom is 0.0278 e. The maximum absolute atomic E-state index is 3.55. The molecule has 0 bridgehead atoms. The van der Waals surface area contributed by atoms with Crippen LogP contribution in [0.15, 0.2) is 71.2 Å². The molecule has 0 amide bonds. The Morgan fingerprint density at radius 2 is 1.65 bits per heavy atom. The highest BCUT2D eigenvalue weighted by atomic mass is 79.9. The molecule has 1 heteroatoms. The number of fused-ring (bicyclic) bond motifs is 2. The van der Waals surface area contributed by atoms with Gasteiger partial charge in [0.05, 0.1) is 0 Å². The van der Waals surface area contributed by atoms with Crippen molar-refractivity contribution in [2.24, 2.45) is 0 Å². The van der Waals surface area contributed by atoms with Gasteiger partial charge in [-0.3, -0.25) is 0 Å². The topological polar surface area (TPSA) is 0 Å². The molecule has 1 aliphatic rings. The standard InChI is InChI=1S/C19H13Br/c20-17-9-7-13-5-6-15(11-16(13)12-17)19-10-8-14-3-1-2-4-18(14)19/h1-12,19H. The molecule has 0 saturated carbocycles. The summed E-state index contributed by atoms with van der Waals surface area (Å²) < 4.78 is 1.13. The summed E-state index contributed by atoms with van der Waals surface area (Å²) in [6, 6.07) is 21.8. The highest BCUT2D eigenvalue weighted by molar-refractivity contribution is 9.10. The van der Waals surface area contributed by atoms with Gasteiger partial charge in [0.15, 0.2) is 0 Å². The van der Waals surface area contributed by atoms with Crippen molar-refractivity contribution in [1.29, 1.82) is 0 Å². The lowest BCUT2D eigenvalue weighted by Gasteiger charge is -2.12. The van der Waals surface area contributed by atoms with Gasteiger partial charge in [-0.15, -0.1) is 0 Å². The summed E-state index contributed by atoms with van der Waals surface area (Å²) >= 11 is 3.55. The van der Waals surface area contributed by atoms with E-state index < -0.39 is 0 Å². The Bertz CT molecular complexity index is 830. The number of allylic oxidation sites excluding steroid dienone is 1. The van der Waals surface area contributed by atoms with Gasteiger partial charge in [0, 0.05) is 10.4 Å². The van der Waals surface area contributed by atoms with Crippen LogP contribution in [0.3, 0.4) is 0 Å². The summed E-state index contributed by atoms with van der Waals surface area (Å²) in [5, 5.41) is 2.57. The third-order valence-electron chi connectivity index (χ3n) is 3.98. The van der Waals surface area contributed by atoms with Crippen LogP contribution in [0.4, 0.5) is 0 Å². The summed E-state index contributed by atoms with van der Waals surface area (Å²) in [5.74, 6) is 0.384. The number of rotatable bonds is 1. The van der Waals surface area contributed by atoms with Gasteiger partial charge in [0.1, 0.15) is 0 Å². The van der Waals surface area contributed by atoms with E-state index in [2.05, 4.69) is 88.7 Å². The van der Waals surface area contributed by atoms with Crippen molar-refractivity contribution in [3.05, 3.63) is 87.9 Å². The van der Waals surface area contributed by atoms with E-state index in [9.17, 15) is 0 Å². The third-order valence-corrected chi connectivity index (χ3v) is 4.48. The molecule has 1 unspecified atom stereocenters. The van der Waals surface area contributed by atoms with Crippen molar-refractivity contribution in [3.8, 4) is 0 Å². The lowest BCUT2D eigenvalue weighted by atomic mass is 9.91. The van der Waals surface area contributed by atoms with Crippen molar-refractivity contribution in [2.75, 3.05) is 0 Å². The molecule has 0 N–H and O–H groups in total. The molecule has 3 aromatic rings. The van der Waals surface area contributed by atoms with Crippen molar-refractivity contribution < 1.29 is 0 Å². The Labute approximate surface area is 126 Å². The molecule has 0 radical (unpaired) electrons. The first-order chi connectivity index (χ1) is 9.81. The minimum absolute atomic E-state index is 0.384. The molecule has 0 aliphatic heterocycles. The van der Waals surface area contributed by atoms with E-state index >= 15 is 0 Å². The van der Waals surface area contributed by atoms with E-state index in [0.717, 1.165) is 4.47 Å². The smallest absolute Gasteiger partial charge is 0.0278 e. The molecule has 0 aromatic heterocycles. The Kier molecular flexibility index (Phi) is 2.75. The lowest BCUT2D eigenvalue weighted by Crippen LogP contribution is -1.95. The zero-order valence-electron chi connectivity index (χ0n) is 10.9. The van der Waals surface area contributed by atoms with Gasteiger partial charge in [-0.25, -0.2) is 0 Å². The highest BCUT2D eigenvalue weighted by Crippen LogP contribution is 2.36. The molecule has 1 atom stereocenters. The van der Waals surface area contributed by atoms with Gasteiger partial charge < -0.3 is 0 Å². The summed E-state index contributed by atoms with van der Waals surface area (Å²) in [5.41, 5.74) is 4.10. The molecule has 0 saturated heterocycles. The Balaban J connectivity index is 1.86. The van der Waals surface area contributed by atoms with Crippen LogP contribution in [0, 0.1) is 0 Å². The van der Waals surface area contributed by atoms with Gasteiger partial charge >= 0.3 is 0 Å². The van der Waals surface area contributed by atoms with Crippen LogP contribution in [0.5, 0.6) is 0 Å². The van der Waals surface area contributed by atoms with E-state index in [1.165, 1.54) is 27.5 Å². The first kappa shape index (κ1) is 11.9. The molecular weight excluding hydrogens is 308 g/mol. The van der Waals surface area contributed by atoms with Crippen LogP contribution < -0.4 is 0 Å². The molecule has 4 rings (SSSR count). The van der Waals surface area contributed by atoms with Crippen molar-refractivity contribution >= 4 is 32.8 Å². The van der Waals surface area contributed by atoms with Gasteiger partial charge in [-0.2, -0.15) is 0 Å². The minimum Gasteiger partial charge on any atom is -0.0720 e. The molecule has 0 fully saturated rings. The average Bonchev–Trinajstić information content (AvgIpc) is 2.90. The van der Waals surface area contributed by atoms with E-state index in [-0.39, 0.29) is 0 Å². The fourth-order valence-corrected chi connectivity index (χ4v) is 3.35. The molecule has 0 nitrogen and oxygen atoms in total. The second-order valence-electron chi connectivity index (χ2n) is 5.22. The number of hydrogen-bond donors (Lipinski definition) is 0. The third kappa shape index (κ3) is 1.90. The molecule has 96 valence electrons. The van der Waals surface area contributed by atoms with Crippen LogP contribution >= 0.6 is 15.9 Å². The fourth-order valence-electron chi connectivity index (χ4n) is 2.97. The Hall–Kier alpha value is -1.86. The van der Waals surface area contributed by atoms with E-state index in [1.807, 2.05) is 0 Å². The molecule has 1 aliphatic carbocycles. The van der Waals surface area contributed by atoms with Gasteiger partial charge in [-0.05, 0) is 39.6 Å². The largest absolute Gasteiger partial charge is 0.0720 e. The maximum atomic E-state index is 3.55. The number of halogens is 1. The molecule has 3 aromatic carbocycles. The van der Waals surface area contributed by atoms with Crippen LogP contribution in [0.25, 0.3) is 16.8 Å². The predicted octanol–water partition coefficient (Wildman–Crippen LogP) is 5.76. The fraction of sp³-hybridized carbons (Fsp3) is 0.0526. The summed E-state index contributed by atoms with van der Waals surface area (Å²) in [6.45, 7) is 0. The summed E-state index contributed by atoms with van der Waals surface area (Å²) in [4.78, 5) is 0. The van der Waals surface area contributed by atoms with Gasteiger partial charge in [0.25, 0.3) is 0 Å². The van der Waals surface area contributed by atoms with Crippen LogP contribution in [0.2, 0.25) is 0 Å². The second-order valence-corrected chi connectivity index (χ2v) is 6.13. The molecular formula is C19H13Br. The van der Waals surface area contributed by atoms with Crippen molar-refractivity contribution in [3.63, 3.8) is 0 Å². The van der Waals surface area contributed by atoms with Crippen LogP contribution in [0.1, 0.15) is 22.6 Å². The SMILES string of the molecule is Brc1ccc2ccc(C3C=Cc4ccccc43)cc2c1. The Morgan fingerprint density at radius 1 is 0.800 bits per heavy atom. The van der Waals surface area contributed by atoms with Gasteiger partial charge in [-0.1, -0.05) is 76.6 Å². The first-order valence-electron chi connectivity index (χ1n) is 6.78. The highest BCUT2D eigenvalue weighted by Gasteiger charge is 2.18. The average molecular weight is 321 g/mol. The van der Waals surface area contributed by atoms with E-state index in [4.69, 9.17) is 0 Å². The van der Waals surface area contributed by atoms with Crippen LogP contribution in [-0.4, -0.2) is 0 Å². The van der Waals surface area contributed by atoms with E-state index in [0.29, 0.717) is 5.92 Å². The Morgan fingerprint density at radius 3 is 2.60 bits per heavy atom. The zero-order chi connectivity index (χ0) is 13.5. The second kappa shape index (κ2) is 4.60. The monoisotopic (exact) mass is 320 g/mol. The minimum atomic E-state index is 0.384. The normalized spacial score (nSPS) is 16.6. The summed E-state index contributed by atoms with van der Waals surface area (Å²) in [6.07, 6.45) is 4.52. The molecule has 20 heavy (non-hydrogen) atoms. The lowest BCUT2D eigenvalue weighted by molar-refractivity contribution is 1.05. The van der Waals surface area contributed by atoms with Crippen LogP contribution in [-0.2, 0) is 0 Å². The quantitative estimate of drug-likeness (QED) is 0.534. The van der Waals surface area contributed by atoms with Crippen molar-refractivity contribution in [1.82, 2.24) is 0 Å². The summed E-state index contributed by atoms with van der Waals surface area (Å²) in [7, 11) is 0. The van der Waals surface area contributed by atoms with Crippen molar-refractivity contribution in [2.45, 2.75) is 5.92 Å². The zero-order valence-corrected chi connectivity index (χ0v) is 12.5. The molecule has 0 spiro atoms. The number of benzene rings is 3.